The standard InChI is InChI=1S/C11H12N4O2/c1-8-6-13-11(12)14(8)7-9-2-4-10(5-3-9)15(16)17/h2-6H,7H2,1H3,(H2,12,13). The normalized spacial score (nSPS) is 10.4. The zero-order chi connectivity index (χ0) is 12.4. The summed E-state index contributed by atoms with van der Waals surface area (Å²) in [4.78, 5) is 14.1. The van der Waals surface area contributed by atoms with Gasteiger partial charge in [-0.1, -0.05) is 12.1 Å². The van der Waals surface area contributed by atoms with Gasteiger partial charge in [0.2, 0.25) is 5.95 Å². The van der Waals surface area contributed by atoms with Crippen molar-refractivity contribution in [3.8, 4) is 0 Å². The molecule has 0 aliphatic heterocycles. The van der Waals surface area contributed by atoms with E-state index in [0.29, 0.717) is 12.5 Å². The molecular formula is C11H12N4O2. The van der Waals surface area contributed by atoms with E-state index in [4.69, 9.17) is 5.73 Å². The molecule has 0 amide bonds. The minimum Gasteiger partial charge on any atom is -0.369 e. The monoisotopic (exact) mass is 232 g/mol. The molecule has 0 saturated heterocycles. The Morgan fingerprint density at radius 3 is 2.53 bits per heavy atom. The van der Waals surface area contributed by atoms with Gasteiger partial charge in [0.1, 0.15) is 0 Å². The van der Waals surface area contributed by atoms with Crippen LogP contribution in [0.25, 0.3) is 0 Å². The molecule has 0 unspecified atom stereocenters. The number of hydrogen-bond acceptors (Lipinski definition) is 4. The van der Waals surface area contributed by atoms with Crippen LogP contribution in [0.3, 0.4) is 0 Å². The number of rotatable bonds is 3. The van der Waals surface area contributed by atoms with E-state index in [0.717, 1.165) is 11.3 Å². The van der Waals surface area contributed by atoms with Crippen LogP contribution in [-0.4, -0.2) is 14.5 Å². The van der Waals surface area contributed by atoms with Gasteiger partial charge in [0.25, 0.3) is 5.69 Å². The van der Waals surface area contributed by atoms with E-state index in [-0.39, 0.29) is 5.69 Å². The molecule has 0 spiro atoms. The van der Waals surface area contributed by atoms with Crippen LogP contribution in [0.1, 0.15) is 11.3 Å². The second-order valence-electron chi connectivity index (χ2n) is 3.77. The molecule has 2 N–H and O–H groups in total. The number of aryl methyl sites for hydroxylation is 1. The Kier molecular flexibility index (Phi) is 2.78. The van der Waals surface area contributed by atoms with E-state index < -0.39 is 4.92 Å². The fourth-order valence-corrected chi connectivity index (χ4v) is 1.59. The van der Waals surface area contributed by atoms with Gasteiger partial charge >= 0.3 is 0 Å². The third kappa shape index (κ3) is 2.25. The maximum Gasteiger partial charge on any atom is 0.269 e. The Hall–Kier alpha value is -2.37. The second-order valence-corrected chi connectivity index (χ2v) is 3.77. The van der Waals surface area contributed by atoms with Crippen LogP contribution in [0, 0.1) is 17.0 Å². The van der Waals surface area contributed by atoms with Gasteiger partial charge in [-0.25, -0.2) is 4.98 Å². The van der Waals surface area contributed by atoms with Crippen molar-refractivity contribution in [2.45, 2.75) is 13.5 Å². The lowest BCUT2D eigenvalue weighted by Crippen LogP contribution is -2.06. The van der Waals surface area contributed by atoms with Crippen molar-refractivity contribution >= 4 is 11.6 Å². The Morgan fingerprint density at radius 1 is 1.41 bits per heavy atom. The maximum atomic E-state index is 10.5. The van der Waals surface area contributed by atoms with Crippen molar-refractivity contribution in [1.29, 1.82) is 0 Å². The molecule has 2 rings (SSSR count). The maximum absolute atomic E-state index is 10.5. The van der Waals surface area contributed by atoms with Gasteiger partial charge in [-0.2, -0.15) is 0 Å². The zero-order valence-electron chi connectivity index (χ0n) is 9.33. The number of non-ortho nitro benzene ring substituents is 1. The summed E-state index contributed by atoms with van der Waals surface area (Å²) in [5.41, 5.74) is 7.70. The molecule has 1 heterocycles. The van der Waals surface area contributed by atoms with Crippen LogP contribution in [0.5, 0.6) is 0 Å². The summed E-state index contributed by atoms with van der Waals surface area (Å²) in [5, 5.41) is 10.5. The second kappa shape index (κ2) is 4.25. The van der Waals surface area contributed by atoms with Crippen LogP contribution in [0.4, 0.5) is 11.6 Å². The topological polar surface area (TPSA) is 87.0 Å². The first-order valence-corrected chi connectivity index (χ1v) is 5.09. The lowest BCUT2D eigenvalue weighted by atomic mass is 10.2. The molecule has 0 aliphatic carbocycles. The van der Waals surface area contributed by atoms with Crippen molar-refractivity contribution in [2.24, 2.45) is 0 Å². The number of imidazole rings is 1. The SMILES string of the molecule is Cc1cnc(N)n1Cc1ccc([N+](=O)[O-])cc1. The number of aromatic nitrogens is 2. The zero-order valence-corrected chi connectivity index (χ0v) is 9.33. The fourth-order valence-electron chi connectivity index (χ4n) is 1.59. The van der Waals surface area contributed by atoms with Crippen LogP contribution in [0.15, 0.2) is 30.5 Å². The highest BCUT2D eigenvalue weighted by Crippen LogP contribution is 2.15. The van der Waals surface area contributed by atoms with Gasteiger partial charge in [0.15, 0.2) is 0 Å². The molecule has 17 heavy (non-hydrogen) atoms. The lowest BCUT2D eigenvalue weighted by molar-refractivity contribution is -0.384. The third-order valence-electron chi connectivity index (χ3n) is 2.57. The van der Waals surface area contributed by atoms with E-state index in [1.807, 2.05) is 11.5 Å². The Morgan fingerprint density at radius 2 is 2.06 bits per heavy atom. The summed E-state index contributed by atoms with van der Waals surface area (Å²) >= 11 is 0. The number of nitro groups is 1. The van der Waals surface area contributed by atoms with E-state index in [9.17, 15) is 10.1 Å². The summed E-state index contributed by atoms with van der Waals surface area (Å²) < 4.78 is 1.85. The highest BCUT2D eigenvalue weighted by molar-refractivity contribution is 5.34. The summed E-state index contributed by atoms with van der Waals surface area (Å²) in [6.07, 6.45) is 1.70. The summed E-state index contributed by atoms with van der Waals surface area (Å²) in [7, 11) is 0. The molecule has 1 aromatic heterocycles. The van der Waals surface area contributed by atoms with Crippen molar-refractivity contribution in [3.63, 3.8) is 0 Å². The van der Waals surface area contributed by atoms with Gasteiger partial charge in [-0.15, -0.1) is 0 Å². The van der Waals surface area contributed by atoms with Crippen molar-refractivity contribution < 1.29 is 4.92 Å². The smallest absolute Gasteiger partial charge is 0.269 e. The molecule has 0 bridgehead atoms. The molecule has 0 fully saturated rings. The summed E-state index contributed by atoms with van der Waals surface area (Å²) in [5.74, 6) is 0.445. The first-order valence-electron chi connectivity index (χ1n) is 5.09. The number of nitrogens with zero attached hydrogens (tertiary/aromatic N) is 3. The fraction of sp³-hybridized carbons (Fsp3) is 0.182. The molecule has 0 atom stereocenters. The number of anilines is 1. The van der Waals surface area contributed by atoms with E-state index in [1.165, 1.54) is 12.1 Å². The third-order valence-corrected chi connectivity index (χ3v) is 2.57. The molecule has 2 aromatic rings. The molecule has 1 aromatic carbocycles. The van der Waals surface area contributed by atoms with E-state index in [2.05, 4.69) is 4.98 Å². The number of nitrogens with two attached hydrogens (primary N) is 1. The van der Waals surface area contributed by atoms with Crippen LogP contribution in [0.2, 0.25) is 0 Å². The predicted octanol–water partition coefficient (Wildman–Crippen LogP) is 1.73. The van der Waals surface area contributed by atoms with E-state index in [1.54, 1.807) is 18.3 Å². The number of benzene rings is 1. The Balaban J connectivity index is 2.22. The van der Waals surface area contributed by atoms with Gasteiger partial charge in [0.05, 0.1) is 17.7 Å². The highest BCUT2D eigenvalue weighted by Gasteiger charge is 2.07. The molecular weight excluding hydrogens is 220 g/mol. The van der Waals surface area contributed by atoms with Crippen LogP contribution < -0.4 is 5.73 Å². The largest absolute Gasteiger partial charge is 0.369 e. The molecule has 6 nitrogen and oxygen atoms in total. The molecule has 0 radical (unpaired) electrons. The van der Waals surface area contributed by atoms with Gasteiger partial charge in [-0.05, 0) is 12.5 Å². The van der Waals surface area contributed by atoms with Crippen molar-refractivity contribution in [1.82, 2.24) is 9.55 Å². The molecule has 6 heteroatoms. The molecule has 0 aliphatic rings. The summed E-state index contributed by atoms with van der Waals surface area (Å²) in [6.45, 7) is 2.48. The Bertz CT molecular complexity index is 526. The molecule has 0 saturated carbocycles. The van der Waals surface area contributed by atoms with Crippen LogP contribution in [-0.2, 0) is 6.54 Å². The first-order chi connectivity index (χ1) is 8.08. The predicted molar refractivity (Wildman–Crippen MR) is 63.6 cm³/mol. The average molecular weight is 232 g/mol. The Labute approximate surface area is 97.9 Å². The highest BCUT2D eigenvalue weighted by atomic mass is 16.6. The lowest BCUT2D eigenvalue weighted by Gasteiger charge is -2.07. The minimum atomic E-state index is -0.416. The molecule has 88 valence electrons. The first kappa shape index (κ1) is 11.1. The quantitative estimate of drug-likeness (QED) is 0.644. The van der Waals surface area contributed by atoms with Crippen LogP contribution >= 0.6 is 0 Å². The summed E-state index contributed by atoms with van der Waals surface area (Å²) in [6, 6.07) is 6.41. The van der Waals surface area contributed by atoms with Crippen molar-refractivity contribution in [3.05, 3.63) is 51.8 Å². The number of nitro benzene ring substituents is 1. The average Bonchev–Trinajstić information content (AvgIpc) is 2.61. The van der Waals surface area contributed by atoms with Gasteiger partial charge in [-0.3, -0.25) is 10.1 Å². The van der Waals surface area contributed by atoms with Crippen molar-refractivity contribution in [2.75, 3.05) is 5.73 Å². The van der Waals surface area contributed by atoms with E-state index >= 15 is 0 Å². The number of nitrogen functional groups attached to an aromatic ring is 1. The van der Waals surface area contributed by atoms with Gasteiger partial charge < -0.3 is 10.3 Å². The minimum absolute atomic E-state index is 0.0871. The van der Waals surface area contributed by atoms with Gasteiger partial charge in [0, 0.05) is 17.8 Å². The number of hydrogen-bond donors (Lipinski definition) is 1.